The Labute approximate surface area is 775 Å². The molecule has 17 aromatic rings. The molecular formula is C116H131NO12S. The van der Waals surface area contributed by atoms with E-state index in [4.69, 9.17) is 39.4 Å². The van der Waals surface area contributed by atoms with Crippen LogP contribution < -0.4 is 24.3 Å². The molecule has 9 N–H and O–H groups in total. The number of methoxy groups -OCH3 is 3. The van der Waals surface area contributed by atoms with Crippen LogP contribution >= 0.6 is 11.8 Å². The number of phenolic OH excluding ortho intramolecular Hbond substituents is 8. The Morgan fingerprint density at radius 2 is 0.523 bits per heavy atom. The molecule has 0 aliphatic rings. The van der Waals surface area contributed by atoms with Gasteiger partial charge in [-0.2, -0.15) is 0 Å². The van der Waals surface area contributed by atoms with Gasteiger partial charge in [-0.1, -0.05) is 280 Å². The van der Waals surface area contributed by atoms with Crippen molar-refractivity contribution in [3.8, 4) is 74.7 Å². The SMILES string of the molecule is CC.CC.CC.CC.CC(C)c1c2ccccc2cc2ccccc12.CC(C)c1ccc2cc(O)ccc2c1.CC(C)c1ccc2cc(O)ccc2c1.COc1ccc(Cc2ccc(OC)cc2)cc1.COc1ccc2cc(C(C)C)ccc2c1.Oc1ccc(Oc2ccc(O)cc2)cc1.Oc1ccc(Sc2ccc(O)cc2)cc1.Oc1cccc(Nc2cccc(O)c2)c1. The van der Waals surface area contributed by atoms with Crippen molar-refractivity contribution in [2.24, 2.45) is 0 Å². The van der Waals surface area contributed by atoms with Crippen LogP contribution in [0, 0.1) is 0 Å². The summed E-state index contributed by atoms with van der Waals surface area (Å²) in [5, 5.41) is 89.1. The summed E-state index contributed by atoms with van der Waals surface area (Å²) in [5.74, 6) is 8.22. The number of fused-ring (bicyclic) bond motifs is 5. The van der Waals surface area contributed by atoms with E-state index in [1.165, 1.54) is 76.5 Å². The quantitative estimate of drug-likeness (QED) is 0.0438. The van der Waals surface area contributed by atoms with E-state index in [0.717, 1.165) is 55.6 Å². The highest BCUT2D eigenvalue weighted by Gasteiger charge is 2.12. The molecule has 0 amide bonds. The number of hydrogen-bond acceptors (Lipinski definition) is 14. The number of phenols is 8. The summed E-state index contributed by atoms with van der Waals surface area (Å²) in [6.45, 7) is 33.7. The van der Waals surface area contributed by atoms with Gasteiger partial charge in [0.05, 0.1) is 21.3 Å². The third-order valence-electron chi connectivity index (χ3n) is 19.7. The summed E-state index contributed by atoms with van der Waals surface area (Å²) in [4.78, 5) is 2.11. The number of rotatable bonds is 15. The molecule has 0 aliphatic heterocycles. The minimum Gasteiger partial charge on any atom is -0.508 e. The minimum atomic E-state index is 0.202. The third-order valence-corrected chi connectivity index (χ3v) is 20.7. The fraction of sp³-hybridized carbons (Fsp3) is 0.207. The van der Waals surface area contributed by atoms with Gasteiger partial charge in [0.15, 0.2) is 0 Å². The van der Waals surface area contributed by atoms with E-state index in [1.54, 1.807) is 167 Å². The van der Waals surface area contributed by atoms with E-state index in [-0.39, 0.29) is 34.5 Å². The summed E-state index contributed by atoms with van der Waals surface area (Å²) < 4.78 is 20.9. The van der Waals surface area contributed by atoms with Crippen molar-refractivity contribution in [2.45, 2.75) is 151 Å². The molecule has 0 aliphatic carbocycles. The fourth-order valence-electron chi connectivity index (χ4n) is 13.0. The van der Waals surface area contributed by atoms with E-state index in [9.17, 15) is 20.4 Å². The predicted octanol–water partition coefficient (Wildman–Crippen LogP) is 32.8. The Bertz CT molecular complexity index is 5710. The summed E-state index contributed by atoms with van der Waals surface area (Å²) in [7, 11) is 5.06. The number of ether oxygens (including phenoxy) is 4. The number of benzene rings is 17. The number of hydrogen-bond donors (Lipinski definition) is 9. The topological polar surface area (TPSA) is 211 Å². The van der Waals surface area contributed by atoms with Gasteiger partial charge in [-0.15, -0.1) is 0 Å². The van der Waals surface area contributed by atoms with Crippen LogP contribution in [0.25, 0.3) is 53.9 Å². The lowest BCUT2D eigenvalue weighted by atomic mass is 9.90. The van der Waals surface area contributed by atoms with E-state index in [2.05, 4.69) is 206 Å². The molecule has 0 heterocycles. The fourth-order valence-corrected chi connectivity index (χ4v) is 13.8. The van der Waals surface area contributed by atoms with Gasteiger partial charge in [0.25, 0.3) is 0 Å². The lowest BCUT2D eigenvalue weighted by Gasteiger charge is -2.14. The van der Waals surface area contributed by atoms with Crippen molar-refractivity contribution in [2.75, 3.05) is 26.6 Å². The Hall–Kier alpha value is -14.2. The second-order valence-corrected chi connectivity index (χ2v) is 31.3. The molecular weight excluding hydrogens is 1630 g/mol. The molecule has 130 heavy (non-hydrogen) atoms. The number of anilines is 2. The van der Waals surface area contributed by atoms with E-state index < -0.39 is 0 Å². The second kappa shape index (κ2) is 56.1. The van der Waals surface area contributed by atoms with Gasteiger partial charge < -0.3 is 65.1 Å². The largest absolute Gasteiger partial charge is 0.508 e. The smallest absolute Gasteiger partial charge is 0.127 e. The standard InChI is InChI=1S/C17H16.C15H16O2.C14H16O.2C13H14O.C12H11NO2.C12H10O3.C12H10O2S.4C2H6/c1-12(2)17-15-9-5-3-7-13(15)11-14-8-4-6-10-16(14)17;1-16-14-7-3-12(4-8-14)11-13-5-9-15(17-2)10-6-13;1-10(2)11-4-5-13-9-14(15-3)7-6-12(13)8-11;2*1-9(2)10-3-4-12-8-13(14)6-5-11(12)7-10;14-11-5-1-3-9(7-11)13-10-4-2-6-12(15)8-10;2*13-9-1-5-11(6-2-9)15-12-7-3-10(14)4-8-12;4*1-2/h3-12H,1-2H3;3-10H,11H2,1-2H3;4-10H,1-3H3;2*3-9,14H,1-2H3;1-8,13-15H;2*1-8,13-14H;4*1-2H3. The molecule has 0 aromatic heterocycles. The van der Waals surface area contributed by atoms with Gasteiger partial charge in [0.2, 0.25) is 0 Å². The first-order chi connectivity index (χ1) is 62.8. The molecule has 0 spiro atoms. The zero-order chi connectivity index (χ0) is 95.0. The molecule has 0 saturated carbocycles. The highest BCUT2D eigenvalue weighted by molar-refractivity contribution is 7.99. The van der Waals surface area contributed by atoms with Gasteiger partial charge in [0.1, 0.15) is 74.7 Å². The van der Waals surface area contributed by atoms with Crippen LogP contribution in [0.5, 0.6) is 74.7 Å². The molecule has 0 radical (unpaired) electrons. The van der Waals surface area contributed by atoms with Crippen LogP contribution in [0.4, 0.5) is 11.4 Å². The zero-order valence-corrected chi connectivity index (χ0v) is 79.5. The van der Waals surface area contributed by atoms with E-state index in [1.807, 2.05) is 134 Å². The molecule has 0 fully saturated rings. The van der Waals surface area contributed by atoms with Crippen molar-refractivity contribution < 1.29 is 59.8 Å². The maximum atomic E-state index is 9.31. The molecule has 0 unspecified atom stereocenters. The summed E-state index contributed by atoms with van der Waals surface area (Å²) in [6, 6.07) is 113. The maximum Gasteiger partial charge on any atom is 0.127 e. The molecule has 14 heteroatoms. The van der Waals surface area contributed by atoms with Gasteiger partial charge >= 0.3 is 0 Å². The average Bonchev–Trinajstić information content (AvgIpc) is 0.765. The lowest BCUT2D eigenvalue weighted by Crippen LogP contribution is -1.92. The van der Waals surface area contributed by atoms with Crippen molar-refractivity contribution in [3.63, 3.8) is 0 Å². The van der Waals surface area contributed by atoms with Gasteiger partial charge in [-0.25, -0.2) is 0 Å². The van der Waals surface area contributed by atoms with Crippen LogP contribution in [0.1, 0.15) is 168 Å². The van der Waals surface area contributed by atoms with Crippen molar-refractivity contribution in [3.05, 3.63) is 391 Å². The second-order valence-electron chi connectivity index (χ2n) is 30.2. The van der Waals surface area contributed by atoms with Crippen LogP contribution in [-0.2, 0) is 6.42 Å². The highest BCUT2D eigenvalue weighted by Crippen LogP contribution is 2.36. The minimum absolute atomic E-state index is 0.202. The Balaban J connectivity index is 0.000000226. The predicted molar refractivity (Wildman–Crippen MR) is 550 cm³/mol. The average molecular weight is 1760 g/mol. The van der Waals surface area contributed by atoms with Gasteiger partial charge in [-0.05, 0) is 305 Å². The summed E-state index contributed by atoms with van der Waals surface area (Å²) in [6.07, 6.45) is 0.925. The summed E-state index contributed by atoms with van der Waals surface area (Å²) >= 11 is 1.58. The molecule has 678 valence electrons. The third kappa shape index (κ3) is 34.9. The monoisotopic (exact) mass is 1760 g/mol. The molecule has 0 atom stereocenters. The Morgan fingerprint density at radius 3 is 0.854 bits per heavy atom. The van der Waals surface area contributed by atoms with Crippen LogP contribution in [-0.4, -0.2) is 62.2 Å². The number of aromatic hydroxyl groups is 8. The molecule has 0 saturated heterocycles. The van der Waals surface area contributed by atoms with E-state index >= 15 is 0 Å². The molecule has 13 nitrogen and oxygen atoms in total. The Kier molecular flexibility index (Phi) is 45.1. The van der Waals surface area contributed by atoms with E-state index in [0.29, 0.717) is 46.7 Å². The van der Waals surface area contributed by atoms with Crippen LogP contribution in [0.3, 0.4) is 0 Å². The lowest BCUT2D eigenvalue weighted by molar-refractivity contribution is 0.414. The molecule has 17 rings (SSSR count). The first-order valence-corrected chi connectivity index (χ1v) is 45.2. The zero-order valence-electron chi connectivity index (χ0n) is 78.7. The van der Waals surface area contributed by atoms with Crippen LogP contribution in [0.2, 0.25) is 0 Å². The first-order valence-electron chi connectivity index (χ1n) is 44.4. The van der Waals surface area contributed by atoms with Crippen LogP contribution in [0.15, 0.2) is 368 Å². The summed E-state index contributed by atoms with van der Waals surface area (Å²) in [5.41, 5.74) is 9.63. The first kappa shape index (κ1) is 105. The number of nitrogens with one attached hydrogen (secondary N) is 1. The highest BCUT2D eigenvalue weighted by atomic mass is 32.2. The maximum absolute atomic E-state index is 9.31. The molecule has 17 aromatic carbocycles. The van der Waals surface area contributed by atoms with Crippen molar-refractivity contribution >= 4 is 77.0 Å². The van der Waals surface area contributed by atoms with Crippen molar-refractivity contribution in [1.29, 1.82) is 0 Å². The van der Waals surface area contributed by atoms with Gasteiger partial charge in [-0.3, -0.25) is 0 Å². The van der Waals surface area contributed by atoms with Gasteiger partial charge in [0, 0.05) is 33.3 Å². The van der Waals surface area contributed by atoms with Crippen molar-refractivity contribution in [1.82, 2.24) is 0 Å². The normalized spacial score (nSPS) is 10.1. The molecule has 0 bridgehead atoms. The Morgan fingerprint density at radius 1 is 0.238 bits per heavy atom.